The number of nitrogens with one attached hydrogen (secondary N) is 1. The molecule has 0 atom stereocenters. The summed E-state index contributed by atoms with van der Waals surface area (Å²) >= 11 is 12.6. The predicted molar refractivity (Wildman–Crippen MR) is 85.7 cm³/mol. The van der Waals surface area contributed by atoms with Gasteiger partial charge in [-0.15, -0.1) is 0 Å². The number of rotatable bonds is 2. The fraction of sp³-hybridized carbons (Fsp3) is 0. The van der Waals surface area contributed by atoms with Crippen molar-refractivity contribution < 1.29 is 4.79 Å². The number of anilines is 2. The Morgan fingerprint density at radius 1 is 1.11 bits per heavy atom. The van der Waals surface area contributed by atoms with Crippen LogP contribution in [0.3, 0.4) is 0 Å². The van der Waals surface area contributed by atoms with Gasteiger partial charge in [0.05, 0.1) is 10.7 Å². The Kier molecular flexibility index (Phi) is 4.50. The highest BCUT2D eigenvalue weighted by atomic mass is 79.9. The van der Waals surface area contributed by atoms with Gasteiger partial charge in [0.25, 0.3) is 5.91 Å². The Bertz CT molecular complexity index is 626. The van der Waals surface area contributed by atoms with E-state index in [1.54, 1.807) is 36.4 Å². The first-order chi connectivity index (χ1) is 8.95. The molecule has 0 heterocycles. The Balaban J connectivity index is 2.25. The predicted octanol–water partition coefficient (Wildman–Crippen LogP) is 4.70. The van der Waals surface area contributed by atoms with E-state index in [2.05, 4.69) is 37.2 Å². The molecule has 0 saturated carbocycles. The van der Waals surface area contributed by atoms with Crippen LogP contribution in [0.1, 0.15) is 10.4 Å². The normalized spacial score (nSPS) is 10.3. The summed E-state index contributed by atoms with van der Waals surface area (Å²) in [5, 5.41) is 3.20. The van der Waals surface area contributed by atoms with E-state index in [0.717, 1.165) is 8.95 Å². The molecule has 0 bridgehead atoms. The van der Waals surface area contributed by atoms with Crippen molar-refractivity contribution in [1.29, 1.82) is 0 Å². The van der Waals surface area contributed by atoms with Gasteiger partial charge in [-0.3, -0.25) is 4.79 Å². The molecule has 0 radical (unpaired) electrons. The average Bonchev–Trinajstić information content (AvgIpc) is 2.31. The number of halogens is 3. The van der Waals surface area contributed by atoms with Crippen LogP contribution in [0.4, 0.5) is 11.4 Å². The third-order valence-electron chi connectivity index (χ3n) is 2.36. The van der Waals surface area contributed by atoms with Crippen LogP contribution in [0.5, 0.6) is 0 Å². The molecular weight excluding hydrogens is 395 g/mol. The molecule has 0 aliphatic carbocycles. The molecule has 0 saturated heterocycles. The van der Waals surface area contributed by atoms with Gasteiger partial charge in [-0.1, -0.05) is 43.5 Å². The molecule has 6 heteroatoms. The van der Waals surface area contributed by atoms with E-state index in [9.17, 15) is 4.79 Å². The second-order valence-corrected chi connectivity index (χ2v) is 6.09. The average molecular weight is 404 g/mol. The monoisotopic (exact) mass is 402 g/mol. The zero-order chi connectivity index (χ0) is 14.0. The van der Waals surface area contributed by atoms with Crippen molar-refractivity contribution >= 4 is 60.7 Å². The summed E-state index contributed by atoms with van der Waals surface area (Å²) in [5.41, 5.74) is 7.23. The van der Waals surface area contributed by atoms with Gasteiger partial charge in [0.15, 0.2) is 0 Å². The molecule has 0 unspecified atom stereocenters. The summed E-state index contributed by atoms with van der Waals surface area (Å²) in [6.45, 7) is 0. The molecule has 98 valence electrons. The topological polar surface area (TPSA) is 55.1 Å². The number of hydrogen-bond donors (Lipinski definition) is 2. The zero-order valence-corrected chi connectivity index (χ0v) is 13.5. The standard InChI is InChI=1S/C13H9Br2ClN2O/c14-8-1-2-12(11(16)6-8)18-13(19)7-3-9(15)5-10(17)4-7/h1-6H,17H2,(H,18,19). The van der Waals surface area contributed by atoms with Gasteiger partial charge < -0.3 is 11.1 Å². The van der Waals surface area contributed by atoms with E-state index in [1.807, 2.05) is 0 Å². The molecule has 1 amide bonds. The van der Waals surface area contributed by atoms with Gasteiger partial charge in [0.2, 0.25) is 0 Å². The van der Waals surface area contributed by atoms with Crippen LogP contribution >= 0.6 is 43.5 Å². The number of benzene rings is 2. The van der Waals surface area contributed by atoms with Gasteiger partial charge in [0.1, 0.15) is 0 Å². The van der Waals surface area contributed by atoms with E-state index in [1.165, 1.54) is 0 Å². The first-order valence-corrected chi connectivity index (χ1v) is 7.24. The van der Waals surface area contributed by atoms with Crippen LogP contribution in [-0.2, 0) is 0 Å². The van der Waals surface area contributed by atoms with Gasteiger partial charge in [-0.25, -0.2) is 0 Å². The second-order valence-electron chi connectivity index (χ2n) is 3.85. The van der Waals surface area contributed by atoms with E-state index in [-0.39, 0.29) is 5.91 Å². The lowest BCUT2D eigenvalue weighted by Crippen LogP contribution is -2.12. The Morgan fingerprint density at radius 2 is 1.84 bits per heavy atom. The molecule has 0 aliphatic heterocycles. The Labute approximate surface area is 132 Å². The van der Waals surface area contributed by atoms with Crippen molar-refractivity contribution in [3.8, 4) is 0 Å². The third kappa shape index (κ3) is 3.72. The molecule has 0 fully saturated rings. The minimum Gasteiger partial charge on any atom is -0.399 e. The molecule has 3 nitrogen and oxygen atoms in total. The summed E-state index contributed by atoms with van der Waals surface area (Å²) in [7, 11) is 0. The molecule has 2 aromatic carbocycles. The smallest absolute Gasteiger partial charge is 0.255 e. The first kappa shape index (κ1) is 14.4. The van der Waals surface area contributed by atoms with Crippen LogP contribution in [0.25, 0.3) is 0 Å². The maximum Gasteiger partial charge on any atom is 0.255 e. The highest BCUT2D eigenvalue weighted by Gasteiger charge is 2.10. The van der Waals surface area contributed by atoms with E-state index < -0.39 is 0 Å². The lowest BCUT2D eigenvalue weighted by Gasteiger charge is -2.08. The SMILES string of the molecule is Nc1cc(Br)cc(C(=O)Nc2ccc(Br)cc2Cl)c1. The van der Waals surface area contributed by atoms with E-state index in [0.29, 0.717) is 22.0 Å². The van der Waals surface area contributed by atoms with Crippen molar-refractivity contribution in [1.82, 2.24) is 0 Å². The first-order valence-electron chi connectivity index (χ1n) is 5.28. The van der Waals surface area contributed by atoms with Crippen molar-refractivity contribution in [3.05, 3.63) is 55.9 Å². The molecule has 0 aromatic heterocycles. The lowest BCUT2D eigenvalue weighted by atomic mass is 10.2. The maximum atomic E-state index is 12.1. The van der Waals surface area contributed by atoms with E-state index >= 15 is 0 Å². The fourth-order valence-corrected chi connectivity index (χ4v) is 2.76. The van der Waals surface area contributed by atoms with Crippen molar-refractivity contribution in [2.24, 2.45) is 0 Å². The number of amides is 1. The summed E-state index contributed by atoms with van der Waals surface area (Å²) < 4.78 is 1.60. The van der Waals surface area contributed by atoms with Gasteiger partial charge in [-0.2, -0.15) is 0 Å². The second kappa shape index (κ2) is 5.94. The van der Waals surface area contributed by atoms with Crippen LogP contribution < -0.4 is 11.1 Å². The maximum absolute atomic E-state index is 12.1. The lowest BCUT2D eigenvalue weighted by molar-refractivity contribution is 0.102. The minimum atomic E-state index is -0.266. The van der Waals surface area contributed by atoms with Crippen LogP contribution in [0.2, 0.25) is 5.02 Å². The number of hydrogen-bond acceptors (Lipinski definition) is 2. The molecular formula is C13H9Br2ClN2O. The molecule has 0 aliphatic rings. The van der Waals surface area contributed by atoms with Crippen LogP contribution in [0, 0.1) is 0 Å². The molecule has 2 rings (SSSR count). The summed E-state index contributed by atoms with van der Waals surface area (Å²) in [6, 6.07) is 10.3. The van der Waals surface area contributed by atoms with Crippen molar-refractivity contribution in [2.75, 3.05) is 11.1 Å². The molecule has 2 aromatic rings. The summed E-state index contributed by atoms with van der Waals surface area (Å²) in [5.74, 6) is -0.266. The van der Waals surface area contributed by atoms with Gasteiger partial charge >= 0.3 is 0 Å². The number of carbonyl (C=O) groups is 1. The summed E-state index contributed by atoms with van der Waals surface area (Å²) in [4.78, 5) is 12.1. The molecule has 0 spiro atoms. The largest absolute Gasteiger partial charge is 0.399 e. The highest BCUT2D eigenvalue weighted by Crippen LogP contribution is 2.26. The zero-order valence-electron chi connectivity index (χ0n) is 9.58. The molecule has 3 N–H and O–H groups in total. The number of nitrogen functional groups attached to an aromatic ring is 1. The molecule has 19 heavy (non-hydrogen) atoms. The van der Waals surface area contributed by atoms with Crippen LogP contribution in [0.15, 0.2) is 45.3 Å². The van der Waals surface area contributed by atoms with Crippen LogP contribution in [-0.4, -0.2) is 5.91 Å². The Morgan fingerprint density at radius 3 is 2.47 bits per heavy atom. The van der Waals surface area contributed by atoms with E-state index in [4.69, 9.17) is 17.3 Å². The van der Waals surface area contributed by atoms with Crippen molar-refractivity contribution in [2.45, 2.75) is 0 Å². The van der Waals surface area contributed by atoms with Gasteiger partial charge in [-0.05, 0) is 36.4 Å². The quantitative estimate of drug-likeness (QED) is 0.713. The summed E-state index contributed by atoms with van der Waals surface area (Å²) in [6.07, 6.45) is 0. The third-order valence-corrected chi connectivity index (χ3v) is 3.63. The Hall–Kier alpha value is -1.04. The number of nitrogens with two attached hydrogens (primary N) is 1. The highest BCUT2D eigenvalue weighted by molar-refractivity contribution is 9.10. The van der Waals surface area contributed by atoms with Crippen molar-refractivity contribution in [3.63, 3.8) is 0 Å². The van der Waals surface area contributed by atoms with Gasteiger partial charge in [0, 0.05) is 20.2 Å². The minimum absolute atomic E-state index is 0.266. The fourth-order valence-electron chi connectivity index (χ4n) is 1.53. The number of carbonyl (C=O) groups excluding carboxylic acids is 1.